The van der Waals surface area contributed by atoms with E-state index in [2.05, 4.69) is 5.32 Å². The fourth-order valence-electron chi connectivity index (χ4n) is 1.46. The molecule has 19 heavy (non-hydrogen) atoms. The molecular formula is C13H8Cl3NO2. The number of rotatable bonds is 2. The first-order valence-electron chi connectivity index (χ1n) is 5.23. The van der Waals surface area contributed by atoms with Gasteiger partial charge in [-0.15, -0.1) is 0 Å². The van der Waals surface area contributed by atoms with Crippen molar-refractivity contribution in [3.05, 3.63) is 57.0 Å². The van der Waals surface area contributed by atoms with Crippen molar-refractivity contribution in [3.63, 3.8) is 0 Å². The second-order valence-corrected chi connectivity index (χ2v) is 4.87. The molecule has 3 nitrogen and oxygen atoms in total. The predicted molar refractivity (Wildman–Crippen MR) is 77.5 cm³/mol. The van der Waals surface area contributed by atoms with Crippen LogP contribution >= 0.6 is 34.8 Å². The number of benzene rings is 2. The van der Waals surface area contributed by atoms with Gasteiger partial charge in [0.15, 0.2) is 5.75 Å². The average molecular weight is 317 g/mol. The van der Waals surface area contributed by atoms with Crippen molar-refractivity contribution >= 4 is 46.4 Å². The van der Waals surface area contributed by atoms with Crippen LogP contribution in [0, 0.1) is 0 Å². The summed E-state index contributed by atoms with van der Waals surface area (Å²) in [6, 6.07) is 9.95. The molecule has 6 heteroatoms. The third kappa shape index (κ3) is 2.95. The number of hydrogen-bond donors (Lipinski definition) is 2. The lowest BCUT2D eigenvalue weighted by atomic mass is 10.2. The molecule has 0 aromatic heterocycles. The van der Waals surface area contributed by atoms with Gasteiger partial charge in [0.2, 0.25) is 0 Å². The van der Waals surface area contributed by atoms with E-state index in [0.717, 1.165) is 0 Å². The minimum absolute atomic E-state index is 0.0118. The van der Waals surface area contributed by atoms with Crippen LogP contribution in [-0.4, -0.2) is 11.0 Å². The minimum Gasteiger partial charge on any atom is -0.505 e. The van der Waals surface area contributed by atoms with Gasteiger partial charge >= 0.3 is 0 Å². The number of amides is 1. The lowest BCUT2D eigenvalue weighted by Gasteiger charge is -2.10. The highest BCUT2D eigenvalue weighted by atomic mass is 35.5. The first-order valence-corrected chi connectivity index (χ1v) is 6.37. The molecule has 0 atom stereocenters. The zero-order valence-electron chi connectivity index (χ0n) is 9.45. The monoisotopic (exact) mass is 315 g/mol. The Balaban J connectivity index is 2.32. The maximum Gasteiger partial charge on any atom is 0.255 e. The minimum atomic E-state index is -0.347. The van der Waals surface area contributed by atoms with E-state index in [1.54, 1.807) is 30.3 Å². The van der Waals surface area contributed by atoms with Crippen molar-refractivity contribution in [3.8, 4) is 5.75 Å². The molecule has 98 valence electrons. The van der Waals surface area contributed by atoms with Crippen LogP contribution in [0.15, 0.2) is 36.4 Å². The molecule has 0 bridgehead atoms. The topological polar surface area (TPSA) is 49.3 Å². The fourth-order valence-corrected chi connectivity index (χ4v) is 2.11. The van der Waals surface area contributed by atoms with Crippen LogP contribution in [0.4, 0.5) is 5.69 Å². The molecule has 2 aromatic carbocycles. The highest BCUT2D eigenvalue weighted by molar-refractivity contribution is 6.46. The molecule has 1 amide bonds. The first-order chi connectivity index (χ1) is 9.00. The highest BCUT2D eigenvalue weighted by Gasteiger charge is 2.16. The molecule has 2 N–H and O–H groups in total. The molecule has 2 rings (SSSR count). The molecule has 0 radical (unpaired) electrons. The van der Waals surface area contributed by atoms with Gasteiger partial charge in [-0.1, -0.05) is 53.0 Å². The van der Waals surface area contributed by atoms with Crippen LogP contribution in [-0.2, 0) is 0 Å². The van der Waals surface area contributed by atoms with E-state index in [4.69, 9.17) is 34.8 Å². The Morgan fingerprint density at radius 1 is 1.05 bits per heavy atom. The maximum atomic E-state index is 12.0. The van der Waals surface area contributed by atoms with Gasteiger partial charge in [-0.3, -0.25) is 4.79 Å². The number of aromatic hydroxyl groups is 1. The number of phenolic OH excluding ortho intramolecular Hbond substituents is 1. The van der Waals surface area contributed by atoms with E-state index >= 15 is 0 Å². The summed E-state index contributed by atoms with van der Waals surface area (Å²) in [4.78, 5) is 12.0. The number of halogens is 3. The second-order valence-electron chi connectivity index (χ2n) is 3.70. The molecule has 0 heterocycles. The Labute approximate surface area is 124 Å². The Morgan fingerprint density at radius 3 is 2.32 bits per heavy atom. The maximum absolute atomic E-state index is 12.0. The number of hydrogen-bond acceptors (Lipinski definition) is 2. The molecule has 0 aliphatic heterocycles. The molecule has 2 aromatic rings. The standard InChI is InChI=1S/C13H8Cl3NO2/c14-8-6-9(10(15)11(16)12(8)18)17-13(19)7-4-2-1-3-5-7/h1-6,18H,(H,17,19). The molecule has 0 spiro atoms. The SMILES string of the molecule is O=C(Nc1cc(Cl)c(O)c(Cl)c1Cl)c1ccccc1. The normalized spacial score (nSPS) is 10.3. The van der Waals surface area contributed by atoms with Gasteiger partial charge in [0.1, 0.15) is 5.02 Å². The Hall–Kier alpha value is -1.42. The Morgan fingerprint density at radius 2 is 1.68 bits per heavy atom. The van der Waals surface area contributed by atoms with Gasteiger partial charge in [-0.2, -0.15) is 0 Å². The average Bonchev–Trinajstić information content (AvgIpc) is 2.43. The Bertz CT molecular complexity index is 630. The van der Waals surface area contributed by atoms with E-state index in [9.17, 15) is 9.90 Å². The van der Waals surface area contributed by atoms with Crippen molar-refractivity contribution in [1.29, 1.82) is 0 Å². The van der Waals surface area contributed by atoms with Crippen LogP contribution in [0.25, 0.3) is 0 Å². The zero-order chi connectivity index (χ0) is 14.0. The fraction of sp³-hybridized carbons (Fsp3) is 0. The third-order valence-electron chi connectivity index (χ3n) is 2.42. The van der Waals surface area contributed by atoms with Crippen LogP contribution in [0.1, 0.15) is 10.4 Å². The van der Waals surface area contributed by atoms with Crippen LogP contribution < -0.4 is 5.32 Å². The highest BCUT2D eigenvalue weighted by Crippen LogP contribution is 2.42. The molecular weight excluding hydrogens is 309 g/mol. The molecule has 0 unspecified atom stereocenters. The zero-order valence-corrected chi connectivity index (χ0v) is 11.7. The molecule has 0 fully saturated rings. The lowest BCUT2D eigenvalue weighted by Crippen LogP contribution is -2.12. The van der Waals surface area contributed by atoms with Gasteiger partial charge in [-0.05, 0) is 18.2 Å². The summed E-state index contributed by atoms with van der Waals surface area (Å²) >= 11 is 17.5. The summed E-state index contributed by atoms with van der Waals surface area (Å²) in [6.45, 7) is 0. The second kappa shape index (κ2) is 5.70. The molecule has 0 saturated heterocycles. The van der Waals surface area contributed by atoms with E-state index in [1.807, 2.05) is 0 Å². The summed E-state index contributed by atoms with van der Waals surface area (Å²) in [6.07, 6.45) is 0. The van der Waals surface area contributed by atoms with Crippen molar-refractivity contribution in [1.82, 2.24) is 0 Å². The molecule has 0 saturated carbocycles. The summed E-state index contributed by atoms with van der Waals surface area (Å²) in [5.74, 6) is -0.661. The van der Waals surface area contributed by atoms with E-state index in [-0.39, 0.29) is 32.4 Å². The first kappa shape index (κ1) is 14.0. The Kier molecular flexibility index (Phi) is 4.20. The molecule has 0 aliphatic rings. The molecule has 0 aliphatic carbocycles. The third-order valence-corrected chi connectivity index (χ3v) is 3.56. The number of carbonyl (C=O) groups is 1. The van der Waals surface area contributed by atoms with E-state index < -0.39 is 0 Å². The number of anilines is 1. The number of nitrogens with one attached hydrogen (secondary N) is 1. The van der Waals surface area contributed by atoms with Crippen molar-refractivity contribution < 1.29 is 9.90 Å². The summed E-state index contributed by atoms with van der Waals surface area (Å²) in [7, 11) is 0. The lowest BCUT2D eigenvalue weighted by molar-refractivity contribution is 0.102. The predicted octanol–water partition coefficient (Wildman–Crippen LogP) is 4.60. The van der Waals surface area contributed by atoms with Crippen molar-refractivity contribution in [2.24, 2.45) is 0 Å². The summed E-state index contributed by atoms with van der Waals surface area (Å²) in [5.41, 5.74) is 0.710. The van der Waals surface area contributed by atoms with Crippen LogP contribution in [0.2, 0.25) is 15.1 Å². The largest absolute Gasteiger partial charge is 0.505 e. The number of carbonyl (C=O) groups excluding carboxylic acids is 1. The van der Waals surface area contributed by atoms with Gasteiger partial charge in [0.05, 0.1) is 15.7 Å². The van der Waals surface area contributed by atoms with Gasteiger partial charge in [0, 0.05) is 5.56 Å². The van der Waals surface area contributed by atoms with Crippen molar-refractivity contribution in [2.75, 3.05) is 5.32 Å². The van der Waals surface area contributed by atoms with E-state index in [1.165, 1.54) is 6.07 Å². The van der Waals surface area contributed by atoms with Crippen LogP contribution in [0.5, 0.6) is 5.75 Å². The summed E-state index contributed by atoms with van der Waals surface area (Å²) < 4.78 is 0. The van der Waals surface area contributed by atoms with Crippen LogP contribution in [0.3, 0.4) is 0 Å². The van der Waals surface area contributed by atoms with Gasteiger partial charge in [0.25, 0.3) is 5.91 Å². The quantitative estimate of drug-likeness (QED) is 0.628. The van der Waals surface area contributed by atoms with E-state index in [0.29, 0.717) is 5.56 Å². The number of phenols is 1. The van der Waals surface area contributed by atoms with Crippen molar-refractivity contribution in [2.45, 2.75) is 0 Å². The summed E-state index contributed by atoms with van der Waals surface area (Å²) in [5, 5.41) is 12.0. The van der Waals surface area contributed by atoms with Gasteiger partial charge in [-0.25, -0.2) is 0 Å². The smallest absolute Gasteiger partial charge is 0.255 e. The van der Waals surface area contributed by atoms with Gasteiger partial charge < -0.3 is 10.4 Å².